The van der Waals surface area contributed by atoms with Crippen LogP contribution in [0.4, 0.5) is 0 Å². The van der Waals surface area contributed by atoms with Gasteiger partial charge in [0.15, 0.2) is 0 Å². The molecule has 4 N–H and O–H groups in total. The maximum absolute atomic E-state index is 12.8. The summed E-state index contributed by atoms with van der Waals surface area (Å²) >= 11 is 0. The number of rotatable bonds is 0. The third kappa shape index (κ3) is 1.80. The smallest absolute Gasteiger partial charge is 0.204 e. The summed E-state index contributed by atoms with van der Waals surface area (Å²) in [6, 6.07) is 6.62. The Kier molecular flexibility index (Phi) is 2.69. The second-order valence-corrected chi connectivity index (χ2v) is 5.73. The lowest BCUT2D eigenvalue weighted by Gasteiger charge is -2.10. The van der Waals surface area contributed by atoms with Gasteiger partial charge in [-0.1, -0.05) is 0 Å². The van der Waals surface area contributed by atoms with Gasteiger partial charge >= 0.3 is 0 Å². The van der Waals surface area contributed by atoms with E-state index in [1.807, 2.05) is 0 Å². The number of hydrogen-bond acceptors (Lipinski definition) is 6. The molecule has 0 aliphatic heterocycles. The minimum absolute atomic E-state index is 0.0391. The molecule has 1 aromatic heterocycles. The van der Waals surface area contributed by atoms with Crippen molar-refractivity contribution in [2.45, 2.75) is 6.92 Å². The van der Waals surface area contributed by atoms with Crippen LogP contribution in [0.1, 0.15) is 5.56 Å². The highest BCUT2D eigenvalue weighted by molar-refractivity contribution is 6.08. The van der Waals surface area contributed by atoms with Gasteiger partial charge in [-0.2, -0.15) is 0 Å². The summed E-state index contributed by atoms with van der Waals surface area (Å²) in [5, 5.41) is 40.4. The zero-order valence-electron chi connectivity index (χ0n) is 12.5. The van der Waals surface area contributed by atoms with Gasteiger partial charge in [-0.05, 0) is 36.1 Å². The number of phenolic OH excluding ortho intramolecular Hbond substituents is 4. The van der Waals surface area contributed by atoms with E-state index >= 15 is 0 Å². The molecule has 0 aliphatic rings. The average Bonchev–Trinajstić information content (AvgIpc) is 2.44. The number of aromatic hydroxyl groups is 4. The first-order valence-corrected chi connectivity index (χ1v) is 7.14. The zero-order valence-corrected chi connectivity index (χ0v) is 12.5. The first kappa shape index (κ1) is 14.2. The van der Waals surface area contributed by atoms with E-state index in [2.05, 4.69) is 0 Å². The van der Waals surface area contributed by atoms with E-state index in [0.717, 1.165) is 6.07 Å². The second-order valence-electron chi connectivity index (χ2n) is 5.73. The topological polar surface area (TPSA) is 111 Å². The van der Waals surface area contributed by atoms with Crippen molar-refractivity contribution >= 4 is 32.7 Å². The van der Waals surface area contributed by atoms with Gasteiger partial charge in [-0.25, -0.2) is 0 Å². The quantitative estimate of drug-likeness (QED) is 0.370. The molecule has 0 saturated heterocycles. The predicted molar refractivity (Wildman–Crippen MR) is 88.9 cm³/mol. The number of aryl methyl sites for hydroxylation is 1. The molecule has 0 spiro atoms. The third-order valence-electron chi connectivity index (χ3n) is 4.10. The lowest BCUT2D eigenvalue weighted by Crippen LogP contribution is -2.04. The Morgan fingerprint density at radius 1 is 0.792 bits per heavy atom. The second kappa shape index (κ2) is 4.55. The molecule has 120 valence electrons. The average molecular weight is 324 g/mol. The van der Waals surface area contributed by atoms with Crippen LogP contribution in [0.15, 0.2) is 39.5 Å². The number of benzene rings is 3. The predicted octanol–water partition coefficient (Wildman–Crippen LogP) is 3.23. The van der Waals surface area contributed by atoms with Crippen LogP contribution in [-0.4, -0.2) is 20.4 Å². The summed E-state index contributed by atoms with van der Waals surface area (Å²) in [6.45, 7) is 1.65. The van der Waals surface area contributed by atoms with Crippen molar-refractivity contribution in [1.82, 2.24) is 0 Å². The highest BCUT2D eigenvalue weighted by atomic mass is 16.3. The Labute approximate surface area is 134 Å². The van der Waals surface area contributed by atoms with Gasteiger partial charge in [0.05, 0.1) is 10.8 Å². The maximum atomic E-state index is 12.8. The van der Waals surface area contributed by atoms with Gasteiger partial charge in [0, 0.05) is 12.1 Å². The van der Waals surface area contributed by atoms with E-state index in [9.17, 15) is 25.2 Å². The Hall–Kier alpha value is -3.41. The van der Waals surface area contributed by atoms with Crippen molar-refractivity contribution in [3.63, 3.8) is 0 Å². The van der Waals surface area contributed by atoms with E-state index in [1.54, 1.807) is 6.92 Å². The molecule has 6 heteroatoms. The summed E-state index contributed by atoms with van der Waals surface area (Å²) in [7, 11) is 0. The molecule has 0 saturated carbocycles. The SMILES string of the molecule is Cc1cc(O)cc2oc3cc4cc(O)cc(O)c4c(O)c3c(=O)c12. The Morgan fingerprint density at radius 3 is 2.21 bits per heavy atom. The molecule has 0 fully saturated rings. The van der Waals surface area contributed by atoms with Gasteiger partial charge in [0.1, 0.15) is 39.6 Å². The lowest BCUT2D eigenvalue weighted by molar-refractivity contribution is 0.450. The van der Waals surface area contributed by atoms with E-state index in [-0.39, 0.29) is 44.6 Å². The normalized spacial score (nSPS) is 11.5. The number of fused-ring (bicyclic) bond motifs is 3. The molecule has 4 rings (SSSR count). The monoisotopic (exact) mass is 324 g/mol. The molecular formula is C18H12O6. The van der Waals surface area contributed by atoms with E-state index in [0.29, 0.717) is 10.9 Å². The highest BCUT2D eigenvalue weighted by Crippen LogP contribution is 2.40. The summed E-state index contributed by atoms with van der Waals surface area (Å²) in [5.41, 5.74) is 0.325. The molecular weight excluding hydrogens is 312 g/mol. The molecule has 0 amide bonds. The summed E-state index contributed by atoms with van der Waals surface area (Å²) in [5.74, 6) is -0.979. The molecule has 0 atom stereocenters. The molecule has 0 aliphatic carbocycles. The van der Waals surface area contributed by atoms with Crippen molar-refractivity contribution in [3.05, 3.63) is 46.1 Å². The van der Waals surface area contributed by atoms with Gasteiger partial charge in [0.25, 0.3) is 0 Å². The van der Waals surface area contributed by atoms with Crippen LogP contribution in [-0.2, 0) is 0 Å². The number of hydrogen-bond donors (Lipinski definition) is 4. The summed E-state index contributed by atoms with van der Waals surface area (Å²) < 4.78 is 5.67. The van der Waals surface area contributed by atoms with Crippen LogP contribution in [0.25, 0.3) is 32.7 Å². The van der Waals surface area contributed by atoms with Crippen LogP contribution in [0.5, 0.6) is 23.0 Å². The van der Waals surface area contributed by atoms with Gasteiger partial charge in [-0.15, -0.1) is 0 Å². The molecule has 1 heterocycles. The molecule has 6 nitrogen and oxygen atoms in total. The number of phenols is 4. The van der Waals surface area contributed by atoms with Gasteiger partial charge in [0.2, 0.25) is 5.43 Å². The van der Waals surface area contributed by atoms with E-state index in [4.69, 9.17) is 4.42 Å². The lowest BCUT2D eigenvalue weighted by atomic mass is 10.0. The maximum Gasteiger partial charge on any atom is 0.204 e. The van der Waals surface area contributed by atoms with E-state index in [1.165, 1.54) is 24.3 Å². The summed E-state index contributed by atoms with van der Waals surface area (Å²) in [6.07, 6.45) is 0. The minimum Gasteiger partial charge on any atom is -0.508 e. The molecule has 4 aromatic rings. The molecule has 0 bridgehead atoms. The molecule has 0 radical (unpaired) electrons. The first-order valence-electron chi connectivity index (χ1n) is 7.14. The van der Waals surface area contributed by atoms with Gasteiger partial charge < -0.3 is 24.8 Å². The van der Waals surface area contributed by atoms with Crippen molar-refractivity contribution in [2.24, 2.45) is 0 Å². The standard InChI is InChI=1S/C18H12O6/c1-7-2-9(19)6-13-14(7)17(22)16-12(24-13)4-8-3-10(20)5-11(21)15(8)18(16)23/h2-6,19-21,23H,1H3. The van der Waals surface area contributed by atoms with Crippen molar-refractivity contribution in [2.75, 3.05) is 0 Å². The van der Waals surface area contributed by atoms with Crippen LogP contribution >= 0.6 is 0 Å². The fourth-order valence-corrected chi connectivity index (χ4v) is 3.11. The van der Waals surface area contributed by atoms with Crippen LogP contribution < -0.4 is 5.43 Å². The Balaban J connectivity index is 2.32. The van der Waals surface area contributed by atoms with Crippen LogP contribution in [0.3, 0.4) is 0 Å². The molecule has 3 aromatic carbocycles. The first-order chi connectivity index (χ1) is 11.4. The van der Waals surface area contributed by atoms with Crippen molar-refractivity contribution in [3.8, 4) is 23.0 Å². The zero-order chi connectivity index (χ0) is 17.2. The van der Waals surface area contributed by atoms with Crippen molar-refractivity contribution in [1.29, 1.82) is 0 Å². The van der Waals surface area contributed by atoms with Crippen LogP contribution in [0.2, 0.25) is 0 Å². The fourth-order valence-electron chi connectivity index (χ4n) is 3.11. The van der Waals surface area contributed by atoms with E-state index < -0.39 is 11.2 Å². The largest absolute Gasteiger partial charge is 0.508 e. The fraction of sp³-hybridized carbons (Fsp3) is 0.0556. The molecule has 0 unspecified atom stereocenters. The van der Waals surface area contributed by atoms with Crippen LogP contribution in [0, 0.1) is 6.92 Å². The van der Waals surface area contributed by atoms with Gasteiger partial charge in [-0.3, -0.25) is 4.79 Å². The Morgan fingerprint density at radius 2 is 1.46 bits per heavy atom. The minimum atomic E-state index is -0.462. The third-order valence-corrected chi connectivity index (χ3v) is 4.10. The Bertz CT molecular complexity index is 1210. The highest BCUT2D eigenvalue weighted by Gasteiger charge is 2.19. The van der Waals surface area contributed by atoms with Crippen molar-refractivity contribution < 1.29 is 24.8 Å². The summed E-state index contributed by atoms with van der Waals surface area (Å²) in [4.78, 5) is 12.8. The molecule has 24 heavy (non-hydrogen) atoms.